The van der Waals surface area contributed by atoms with Crippen molar-refractivity contribution >= 4 is 50.2 Å². The zero-order chi connectivity index (χ0) is 16.4. The van der Waals surface area contributed by atoms with Gasteiger partial charge in [0, 0.05) is 34.4 Å². The molecule has 0 unspecified atom stereocenters. The summed E-state index contributed by atoms with van der Waals surface area (Å²) < 4.78 is 2.48. The molecule has 2 aromatic heterocycles. The van der Waals surface area contributed by atoms with Gasteiger partial charge in [-0.15, -0.1) is 0 Å². The maximum absolute atomic E-state index is 12.0. The van der Waals surface area contributed by atoms with E-state index in [1.165, 1.54) is 0 Å². The van der Waals surface area contributed by atoms with Crippen molar-refractivity contribution in [2.45, 2.75) is 19.9 Å². The maximum Gasteiger partial charge on any atom is 0.252 e. The van der Waals surface area contributed by atoms with E-state index in [1.807, 2.05) is 19.1 Å². The fraction of sp³-hybridized carbons (Fsp3) is 0.188. The number of anilines is 2. The van der Waals surface area contributed by atoms with Crippen molar-refractivity contribution in [3.05, 3.63) is 56.4 Å². The van der Waals surface area contributed by atoms with Gasteiger partial charge in [0.15, 0.2) is 0 Å². The van der Waals surface area contributed by atoms with Crippen LogP contribution in [0.4, 0.5) is 11.6 Å². The van der Waals surface area contributed by atoms with E-state index in [1.54, 1.807) is 29.0 Å². The second-order valence-electron chi connectivity index (χ2n) is 5.05. The molecular weight excluding hydrogens is 380 g/mol. The summed E-state index contributed by atoms with van der Waals surface area (Å²) in [6.07, 6.45) is 2.56. The van der Waals surface area contributed by atoms with Crippen LogP contribution in [0.1, 0.15) is 13.3 Å². The van der Waals surface area contributed by atoms with Crippen molar-refractivity contribution in [1.29, 1.82) is 0 Å². The van der Waals surface area contributed by atoms with Gasteiger partial charge in [0.25, 0.3) is 5.56 Å². The van der Waals surface area contributed by atoms with Crippen LogP contribution in [-0.4, -0.2) is 14.5 Å². The van der Waals surface area contributed by atoms with E-state index < -0.39 is 0 Å². The minimum Gasteiger partial charge on any atom is -0.324 e. The highest BCUT2D eigenvalue weighted by Crippen LogP contribution is 2.26. The number of nitrogens with one attached hydrogen (secondary N) is 1. The van der Waals surface area contributed by atoms with Crippen LogP contribution in [0.3, 0.4) is 0 Å². The van der Waals surface area contributed by atoms with E-state index >= 15 is 0 Å². The predicted molar refractivity (Wildman–Crippen MR) is 96.5 cm³/mol. The summed E-state index contributed by atoms with van der Waals surface area (Å²) in [7, 11) is 0. The molecular formula is C16H14BrClN4O. The molecule has 5 nitrogen and oxygen atoms in total. The van der Waals surface area contributed by atoms with Crippen molar-refractivity contribution in [3.8, 4) is 0 Å². The Balaban J connectivity index is 2.03. The summed E-state index contributed by atoms with van der Waals surface area (Å²) in [6.45, 7) is 2.65. The van der Waals surface area contributed by atoms with Gasteiger partial charge in [0.1, 0.15) is 5.65 Å². The summed E-state index contributed by atoms with van der Waals surface area (Å²) in [5.41, 5.74) is 1.34. The van der Waals surface area contributed by atoms with Crippen molar-refractivity contribution in [2.75, 3.05) is 5.32 Å². The van der Waals surface area contributed by atoms with Crippen LogP contribution in [-0.2, 0) is 6.54 Å². The van der Waals surface area contributed by atoms with Crippen LogP contribution in [0.5, 0.6) is 0 Å². The second kappa shape index (κ2) is 6.68. The predicted octanol–water partition coefficient (Wildman–Crippen LogP) is 4.36. The van der Waals surface area contributed by atoms with E-state index in [9.17, 15) is 4.79 Å². The highest BCUT2D eigenvalue weighted by molar-refractivity contribution is 9.10. The molecule has 0 saturated carbocycles. The molecule has 7 heteroatoms. The number of aromatic nitrogens is 3. The molecule has 1 N–H and O–H groups in total. The van der Waals surface area contributed by atoms with E-state index in [0.717, 1.165) is 22.0 Å². The fourth-order valence-electron chi connectivity index (χ4n) is 2.27. The first-order chi connectivity index (χ1) is 11.1. The Hall–Kier alpha value is -1.92. The van der Waals surface area contributed by atoms with E-state index in [2.05, 4.69) is 31.2 Å². The molecule has 0 aliphatic rings. The third-order valence-electron chi connectivity index (χ3n) is 3.35. The van der Waals surface area contributed by atoms with Gasteiger partial charge in [-0.25, -0.2) is 4.98 Å². The molecule has 23 heavy (non-hydrogen) atoms. The van der Waals surface area contributed by atoms with Crippen LogP contribution in [0, 0.1) is 0 Å². The molecule has 0 atom stereocenters. The third-order valence-corrected chi connectivity index (χ3v) is 4.58. The molecule has 0 saturated heterocycles. The Morgan fingerprint density at radius 2 is 2.13 bits per heavy atom. The van der Waals surface area contributed by atoms with Crippen molar-refractivity contribution in [2.24, 2.45) is 0 Å². The normalized spacial score (nSPS) is 10.9. The Labute approximate surface area is 146 Å². The number of nitrogens with zero attached hydrogens (tertiary/aromatic N) is 3. The molecule has 0 spiro atoms. The molecule has 2 heterocycles. The minimum atomic E-state index is -0.0595. The number of hydrogen-bond donors (Lipinski definition) is 1. The topological polar surface area (TPSA) is 59.8 Å². The molecule has 118 valence electrons. The number of rotatable bonds is 4. The van der Waals surface area contributed by atoms with Gasteiger partial charge in [-0.05, 0) is 46.6 Å². The van der Waals surface area contributed by atoms with Gasteiger partial charge in [0.2, 0.25) is 5.95 Å². The maximum atomic E-state index is 12.0. The fourth-order valence-corrected chi connectivity index (χ4v) is 2.70. The summed E-state index contributed by atoms with van der Waals surface area (Å²) >= 11 is 9.44. The lowest BCUT2D eigenvalue weighted by Gasteiger charge is -2.10. The van der Waals surface area contributed by atoms with Gasteiger partial charge in [0.05, 0.1) is 5.02 Å². The van der Waals surface area contributed by atoms with Crippen LogP contribution in [0.25, 0.3) is 11.0 Å². The largest absolute Gasteiger partial charge is 0.324 e. The average molecular weight is 394 g/mol. The number of fused-ring (bicyclic) bond motifs is 1. The van der Waals surface area contributed by atoms with Crippen LogP contribution in [0.15, 0.2) is 45.8 Å². The standard InChI is InChI=1S/C16H14BrClN4O/c1-2-7-22-14(23)6-3-10-9-19-16(21-15(10)22)20-11-4-5-12(17)13(18)8-11/h3-6,8-9H,2,7H2,1H3,(H,19,20,21). The average Bonchev–Trinajstić information content (AvgIpc) is 2.54. The number of halogens is 2. The van der Waals surface area contributed by atoms with Gasteiger partial charge < -0.3 is 5.32 Å². The smallest absolute Gasteiger partial charge is 0.252 e. The first kappa shape index (κ1) is 16.0. The van der Waals surface area contributed by atoms with Crippen LogP contribution < -0.4 is 10.9 Å². The lowest BCUT2D eigenvalue weighted by molar-refractivity contribution is 0.671. The number of aryl methyl sites for hydroxylation is 1. The number of benzene rings is 1. The Bertz CT molecular complexity index is 926. The molecule has 0 aliphatic carbocycles. The second-order valence-corrected chi connectivity index (χ2v) is 6.31. The van der Waals surface area contributed by atoms with Crippen LogP contribution >= 0.6 is 27.5 Å². The minimum absolute atomic E-state index is 0.0595. The molecule has 0 fully saturated rings. The van der Waals surface area contributed by atoms with Crippen LogP contribution in [0.2, 0.25) is 5.02 Å². The first-order valence-corrected chi connectivity index (χ1v) is 8.34. The Kier molecular flexibility index (Phi) is 4.63. The quantitative estimate of drug-likeness (QED) is 0.715. The molecule has 3 aromatic rings. The van der Waals surface area contributed by atoms with E-state index in [-0.39, 0.29) is 5.56 Å². The lowest BCUT2D eigenvalue weighted by atomic mass is 10.3. The highest BCUT2D eigenvalue weighted by Gasteiger charge is 2.07. The van der Waals surface area contributed by atoms with Crippen molar-refractivity contribution in [3.63, 3.8) is 0 Å². The summed E-state index contributed by atoms with van der Waals surface area (Å²) in [6, 6.07) is 8.78. The molecule has 0 bridgehead atoms. The molecule has 0 amide bonds. The van der Waals surface area contributed by atoms with Crippen molar-refractivity contribution < 1.29 is 0 Å². The zero-order valence-corrected chi connectivity index (χ0v) is 14.7. The summed E-state index contributed by atoms with van der Waals surface area (Å²) in [4.78, 5) is 20.8. The molecule has 0 radical (unpaired) electrons. The number of pyridine rings is 1. The Morgan fingerprint density at radius 1 is 1.30 bits per heavy atom. The summed E-state index contributed by atoms with van der Waals surface area (Å²) in [5, 5.41) is 4.54. The summed E-state index contributed by atoms with van der Waals surface area (Å²) in [5.74, 6) is 0.423. The van der Waals surface area contributed by atoms with E-state index in [0.29, 0.717) is 23.2 Å². The van der Waals surface area contributed by atoms with E-state index in [4.69, 9.17) is 11.6 Å². The van der Waals surface area contributed by atoms with Gasteiger partial charge in [-0.2, -0.15) is 4.98 Å². The highest BCUT2D eigenvalue weighted by atomic mass is 79.9. The zero-order valence-electron chi connectivity index (χ0n) is 12.4. The number of hydrogen-bond acceptors (Lipinski definition) is 4. The van der Waals surface area contributed by atoms with Gasteiger partial charge in [-0.3, -0.25) is 9.36 Å². The SMILES string of the molecule is CCCn1c(=O)ccc2cnc(Nc3ccc(Br)c(Cl)c3)nc21. The lowest BCUT2D eigenvalue weighted by Crippen LogP contribution is -2.20. The van der Waals surface area contributed by atoms with Gasteiger partial charge >= 0.3 is 0 Å². The monoisotopic (exact) mass is 392 g/mol. The molecule has 0 aliphatic heterocycles. The first-order valence-electron chi connectivity index (χ1n) is 7.17. The molecule has 3 rings (SSSR count). The van der Waals surface area contributed by atoms with Gasteiger partial charge in [-0.1, -0.05) is 18.5 Å². The van der Waals surface area contributed by atoms with Crippen molar-refractivity contribution in [1.82, 2.24) is 14.5 Å². The third kappa shape index (κ3) is 3.38. The Morgan fingerprint density at radius 3 is 2.87 bits per heavy atom. The molecule has 1 aromatic carbocycles.